The summed E-state index contributed by atoms with van der Waals surface area (Å²) in [6.07, 6.45) is 0. The van der Waals surface area contributed by atoms with Gasteiger partial charge in [-0.05, 0) is 37.6 Å². The maximum absolute atomic E-state index is 13.2. The van der Waals surface area contributed by atoms with Gasteiger partial charge in [-0.25, -0.2) is 4.39 Å². The number of methoxy groups -OCH3 is 1. The zero-order valence-corrected chi connectivity index (χ0v) is 15.7. The van der Waals surface area contributed by atoms with Crippen LogP contribution in [0.25, 0.3) is 0 Å². The number of nitrogens with zero attached hydrogens (tertiary/aromatic N) is 1. The molecular formula is C18H18ClFN2O5. The third-order valence-corrected chi connectivity index (χ3v) is 4.09. The van der Waals surface area contributed by atoms with Crippen molar-refractivity contribution < 1.29 is 23.6 Å². The van der Waals surface area contributed by atoms with Crippen LogP contribution in [0.15, 0.2) is 36.4 Å². The zero-order chi connectivity index (χ0) is 20.2. The Hall–Kier alpha value is -2.87. The summed E-state index contributed by atoms with van der Waals surface area (Å²) in [6.45, 7) is 3.11. The van der Waals surface area contributed by atoms with Gasteiger partial charge in [0.25, 0.3) is 5.91 Å². The van der Waals surface area contributed by atoms with Crippen LogP contribution in [0, 0.1) is 15.9 Å². The molecule has 0 saturated heterocycles. The highest BCUT2D eigenvalue weighted by Crippen LogP contribution is 2.31. The van der Waals surface area contributed by atoms with Crippen LogP contribution in [0.1, 0.15) is 19.4 Å². The molecule has 0 atom stereocenters. The molecule has 0 aliphatic carbocycles. The van der Waals surface area contributed by atoms with E-state index in [9.17, 15) is 19.3 Å². The Kier molecular flexibility index (Phi) is 6.22. The van der Waals surface area contributed by atoms with Crippen LogP contribution in [-0.2, 0) is 10.3 Å². The molecule has 2 aromatic rings. The molecule has 0 saturated carbocycles. The van der Waals surface area contributed by atoms with Crippen molar-refractivity contribution in [1.82, 2.24) is 5.32 Å². The van der Waals surface area contributed by atoms with E-state index in [2.05, 4.69) is 5.32 Å². The number of ether oxygens (including phenoxy) is 2. The number of nitro benzene ring substituents is 1. The lowest BCUT2D eigenvalue weighted by molar-refractivity contribution is -0.385. The number of hydrogen-bond donors (Lipinski definition) is 1. The normalized spacial score (nSPS) is 11.0. The minimum absolute atomic E-state index is 0.0244. The van der Waals surface area contributed by atoms with Crippen LogP contribution >= 0.6 is 11.6 Å². The number of benzene rings is 2. The number of rotatable bonds is 7. The fraction of sp³-hybridized carbons (Fsp3) is 0.278. The lowest BCUT2D eigenvalue weighted by Crippen LogP contribution is -2.43. The minimum atomic E-state index is -0.863. The van der Waals surface area contributed by atoms with Crippen LogP contribution in [0.4, 0.5) is 10.1 Å². The van der Waals surface area contributed by atoms with Crippen molar-refractivity contribution in [3.63, 3.8) is 0 Å². The number of halogens is 2. The van der Waals surface area contributed by atoms with E-state index in [1.54, 1.807) is 13.8 Å². The van der Waals surface area contributed by atoms with Crippen molar-refractivity contribution in [3.05, 3.63) is 62.9 Å². The van der Waals surface area contributed by atoms with Gasteiger partial charge in [-0.1, -0.05) is 17.7 Å². The molecule has 1 amide bonds. The number of nitrogens with one attached hydrogen (secondary N) is 1. The zero-order valence-electron chi connectivity index (χ0n) is 14.9. The molecule has 144 valence electrons. The van der Waals surface area contributed by atoms with Crippen LogP contribution in [0.5, 0.6) is 11.5 Å². The second-order valence-electron chi connectivity index (χ2n) is 6.18. The molecule has 2 rings (SSSR count). The van der Waals surface area contributed by atoms with E-state index in [1.807, 2.05) is 0 Å². The summed E-state index contributed by atoms with van der Waals surface area (Å²) in [6, 6.07) is 7.86. The molecule has 9 heteroatoms. The lowest BCUT2D eigenvalue weighted by Gasteiger charge is -2.28. The molecule has 0 aromatic heterocycles. The molecule has 0 radical (unpaired) electrons. The summed E-state index contributed by atoms with van der Waals surface area (Å²) < 4.78 is 23.5. The first-order chi connectivity index (χ1) is 12.6. The molecule has 0 bridgehead atoms. The van der Waals surface area contributed by atoms with E-state index in [4.69, 9.17) is 21.1 Å². The average molecular weight is 397 g/mol. The molecule has 7 nitrogen and oxygen atoms in total. The molecule has 0 aliphatic heterocycles. The van der Waals surface area contributed by atoms with Gasteiger partial charge in [0.15, 0.2) is 6.61 Å². The molecule has 1 N–H and O–H groups in total. The smallest absolute Gasteiger partial charge is 0.311 e. The highest BCUT2D eigenvalue weighted by molar-refractivity contribution is 6.31. The summed E-state index contributed by atoms with van der Waals surface area (Å²) in [5.74, 6) is -0.652. The summed E-state index contributed by atoms with van der Waals surface area (Å²) in [7, 11) is 1.30. The van der Waals surface area contributed by atoms with Gasteiger partial charge in [-0.2, -0.15) is 0 Å². The minimum Gasteiger partial charge on any atom is -0.490 e. The molecular weight excluding hydrogens is 379 g/mol. The van der Waals surface area contributed by atoms with Gasteiger partial charge in [-0.3, -0.25) is 14.9 Å². The fourth-order valence-electron chi connectivity index (χ4n) is 2.50. The van der Waals surface area contributed by atoms with E-state index in [0.29, 0.717) is 5.56 Å². The Balaban J connectivity index is 2.04. The lowest BCUT2D eigenvalue weighted by atomic mass is 9.94. The van der Waals surface area contributed by atoms with E-state index < -0.39 is 22.2 Å². The number of carbonyl (C=O) groups excluding carboxylic acids is 1. The Bertz CT molecular complexity index is 873. The third kappa shape index (κ3) is 5.07. The fourth-order valence-corrected chi connectivity index (χ4v) is 2.90. The quantitative estimate of drug-likeness (QED) is 0.567. The van der Waals surface area contributed by atoms with Gasteiger partial charge < -0.3 is 14.8 Å². The molecule has 0 spiro atoms. The molecule has 2 aromatic carbocycles. The largest absolute Gasteiger partial charge is 0.490 e. The van der Waals surface area contributed by atoms with Gasteiger partial charge in [0, 0.05) is 17.2 Å². The van der Waals surface area contributed by atoms with Gasteiger partial charge in [0.2, 0.25) is 5.75 Å². The highest BCUT2D eigenvalue weighted by atomic mass is 35.5. The second-order valence-corrected chi connectivity index (χ2v) is 6.58. The predicted octanol–water partition coefficient (Wildman–Crippen LogP) is 3.83. The van der Waals surface area contributed by atoms with Crippen molar-refractivity contribution in [3.8, 4) is 11.5 Å². The molecule has 27 heavy (non-hydrogen) atoms. The van der Waals surface area contributed by atoms with Crippen LogP contribution < -0.4 is 14.8 Å². The SMILES string of the molecule is COc1cc(OCC(=O)NC(C)(C)c2ccc(F)cc2Cl)ccc1[N+](=O)[O-]. The Morgan fingerprint density at radius 2 is 2.00 bits per heavy atom. The summed E-state index contributed by atoms with van der Waals surface area (Å²) in [4.78, 5) is 22.5. The molecule has 0 aliphatic rings. The van der Waals surface area contributed by atoms with Crippen molar-refractivity contribution in [2.24, 2.45) is 0 Å². The third-order valence-electron chi connectivity index (χ3n) is 3.77. The van der Waals surface area contributed by atoms with E-state index in [1.165, 1.54) is 43.5 Å². The number of nitro groups is 1. The topological polar surface area (TPSA) is 90.7 Å². The molecule has 0 unspecified atom stereocenters. The van der Waals surface area contributed by atoms with E-state index in [-0.39, 0.29) is 28.8 Å². The van der Waals surface area contributed by atoms with Crippen molar-refractivity contribution >= 4 is 23.2 Å². The van der Waals surface area contributed by atoms with Gasteiger partial charge in [-0.15, -0.1) is 0 Å². The standard InChI is InChI=1S/C18H18ClFN2O5/c1-18(2,13-6-4-11(20)8-14(13)19)21-17(23)10-27-12-5-7-15(22(24)25)16(9-12)26-3/h4-9H,10H2,1-3H3,(H,21,23). The number of carbonyl (C=O) groups is 1. The number of hydrogen-bond acceptors (Lipinski definition) is 5. The van der Waals surface area contributed by atoms with Crippen LogP contribution in [-0.4, -0.2) is 24.5 Å². The number of amides is 1. The first-order valence-corrected chi connectivity index (χ1v) is 8.23. The second kappa shape index (κ2) is 8.22. The van der Waals surface area contributed by atoms with E-state index >= 15 is 0 Å². The van der Waals surface area contributed by atoms with Crippen molar-refractivity contribution in [2.75, 3.05) is 13.7 Å². The summed E-state index contributed by atoms with van der Waals surface area (Å²) in [5, 5.41) is 13.8. The summed E-state index contributed by atoms with van der Waals surface area (Å²) >= 11 is 6.05. The van der Waals surface area contributed by atoms with Gasteiger partial charge in [0.1, 0.15) is 11.6 Å². The monoisotopic (exact) mass is 396 g/mol. The maximum atomic E-state index is 13.2. The van der Waals surface area contributed by atoms with Gasteiger partial charge >= 0.3 is 5.69 Å². The van der Waals surface area contributed by atoms with Crippen LogP contribution in [0.2, 0.25) is 5.02 Å². The summed E-state index contributed by atoms with van der Waals surface area (Å²) in [5.41, 5.74) is -0.518. The van der Waals surface area contributed by atoms with Gasteiger partial charge in [0.05, 0.1) is 17.6 Å². The first-order valence-electron chi connectivity index (χ1n) is 7.86. The Labute approximate surface area is 160 Å². The molecule has 0 fully saturated rings. The van der Waals surface area contributed by atoms with Crippen molar-refractivity contribution in [1.29, 1.82) is 0 Å². The Morgan fingerprint density at radius 1 is 1.30 bits per heavy atom. The maximum Gasteiger partial charge on any atom is 0.311 e. The Morgan fingerprint density at radius 3 is 2.59 bits per heavy atom. The first kappa shape index (κ1) is 20.4. The van der Waals surface area contributed by atoms with Crippen LogP contribution in [0.3, 0.4) is 0 Å². The van der Waals surface area contributed by atoms with E-state index in [0.717, 1.165) is 0 Å². The molecule has 0 heterocycles. The van der Waals surface area contributed by atoms with Crippen molar-refractivity contribution in [2.45, 2.75) is 19.4 Å². The average Bonchev–Trinajstić information content (AvgIpc) is 2.58. The predicted molar refractivity (Wildman–Crippen MR) is 97.7 cm³/mol. The highest BCUT2D eigenvalue weighted by Gasteiger charge is 2.26.